The molecule has 1 unspecified atom stereocenters. The van der Waals surface area contributed by atoms with E-state index in [-0.39, 0.29) is 21.7 Å². The lowest BCUT2D eigenvalue weighted by Gasteiger charge is -2.25. The Balaban J connectivity index is 2.25. The van der Waals surface area contributed by atoms with Crippen LogP contribution in [0.1, 0.15) is 40.0 Å². The van der Waals surface area contributed by atoms with Crippen LogP contribution in [0.15, 0.2) is 11.6 Å². The van der Waals surface area contributed by atoms with Crippen LogP contribution >= 0.6 is 0 Å². The van der Waals surface area contributed by atoms with E-state index in [9.17, 15) is 9.00 Å². The molecule has 1 saturated carbocycles. The molecule has 0 radical (unpaired) electrons. The molecule has 15 heavy (non-hydrogen) atoms. The molecule has 2 rings (SSSR count). The van der Waals surface area contributed by atoms with Crippen LogP contribution in [-0.4, -0.2) is 20.0 Å². The van der Waals surface area contributed by atoms with Gasteiger partial charge in [-0.3, -0.25) is 9.00 Å². The molecule has 0 aromatic heterocycles. The van der Waals surface area contributed by atoms with Gasteiger partial charge in [-0.2, -0.15) is 0 Å². The minimum absolute atomic E-state index is 0.1000. The number of rotatable bonds is 1. The molecule has 84 valence electrons. The van der Waals surface area contributed by atoms with Crippen molar-refractivity contribution < 1.29 is 9.00 Å². The highest BCUT2D eigenvalue weighted by Gasteiger charge is 2.44. The van der Waals surface area contributed by atoms with Gasteiger partial charge in [0, 0.05) is 21.5 Å². The van der Waals surface area contributed by atoms with Crippen LogP contribution in [0.4, 0.5) is 0 Å². The molecule has 0 spiro atoms. The lowest BCUT2D eigenvalue weighted by molar-refractivity contribution is -0.114. The summed E-state index contributed by atoms with van der Waals surface area (Å²) in [6.07, 6.45) is 4.99. The number of hydrogen-bond donors (Lipinski definition) is 0. The lowest BCUT2D eigenvalue weighted by Crippen LogP contribution is -2.37. The van der Waals surface area contributed by atoms with E-state index in [1.807, 2.05) is 20.8 Å². The first kappa shape index (κ1) is 11.1. The molecule has 2 aliphatic carbocycles. The highest BCUT2D eigenvalue weighted by atomic mass is 32.2. The molecule has 1 fully saturated rings. The van der Waals surface area contributed by atoms with Crippen LogP contribution in [0.2, 0.25) is 0 Å². The van der Waals surface area contributed by atoms with Gasteiger partial charge in [-0.1, -0.05) is 5.57 Å². The molecule has 3 heteroatoms. The van der Waals surface area contributed by atoms with Gasteiger partial charge in [0.2, 0.25) is 0 Å². The number of ketones is 1. The van der Waals surface area contributed by atoms with Crippen LogP contribution < -0.4 is 0 Å². The van der Waals surface area contributed by atoms with E-state index in [0.29, 0.717) is 0 Å². The molecular weight excluding hydrogens is 208 g/mol. The van der Waals surface area contributed by atoms with Crippen LogP contribution in [-0.2, 0) is 15.6 Å². The molecule has 0 aliphatic heterocycles. The Labute approximate surface area is 93.6 Å². The smallest absolute Gasteiger partial charge is 0.171 e. The number of carbonyl (C=O) groups excluding carboxylic acids is 1. The lowest BCUT2D eigenvalue weighted by atomic mass is 10.1. The van der Waals surface area contributed by atoms with E-state index < -0.39 is 10.8 Å². The van der Waals surface area contributed by atoms with Crippen molar-refractivity contribution in [1.82, 2.24) is 0 Å². The molecule has 2 aliphatic rings. The van der Waals surface area contributed by atoms with Crippen molar-refractivity contribution in [2.75, 3.05) is 0 Å². The topological polar surface area (TPSA) is 34.1 Å². The SMILES string of the molecule is CC(C)(C)S(=O)[C@H]1C(=O)C=C2CCC[C@@H]21. The molecule has 3 atom stereocenters. The molecule has 0 saturated heterocycles. The molecule has 0 amide bonds. The maximum atomic E-state index is 12.3. The third-order valence-corrected chi connectivity index (χ3v) is 5.49. The Bertz CT molecular complexity index is 349. The van der Waals surface area contributed by atoms with Gasteiger partial charge < -0.3 is 0 Å². The summed E-state index contributed by atoms with van der Waals surface area (Å²) in [6.45, 7) is 5.84. The first-order chi connectivity index (χ1) is 6.91. The summed E-state index contributed by atoms with van der Waals surface area (Å²) < 4.78 is 12.0. The predicted octanol–water partition coefficient (Wildman–Crippen LogP) is 2.21. The maximum absolute atomic E-state index is 12.3. The summed E-state index contributed by atoms with van der Waals surface area (Å²) in [5.74, 6) is 0.389. The second-order valence-electron chi connectivity index (χ2n) is 5.45. The van der Waals surface area contributed by atoms with Crippen molar-refractivity contribution in [3.05, 3.63) is 11.6 Å². The fraction of sp³-hybridized carbons (Fsp3) is 0.750. The molecule has 0 heterocycles. The van der Waals surface area contributed by atoms with Crippen molar-refractivity contribution in [3.63, 3.8) is 0 Å². The number of hydrogen-bond acceptors (Lipinski definition) is 2. The highest BCUT2D eigenvalue weighted by Crippen LogP contribution is 2.42. The van der Waals surface area contributed by atoms with Gasteiger partial charge in [-0.25, -0.2) is 0 Å². The van der Waals surface area contributed by atoms with E-state index in [1.165, 1.54) is 5.57 Å². The van der Waals surface area contributed by atoms with Gasteiger partial charge in [0.1, 0.15) is 5.25 Å². The maximum Gasteiger partial charge on any atom is 0.171 e. The summed E-state index contributed by atoms with van der Waals surface area (Å²) in [4.78, 5) is 11.8. The summed E-state index contributed by atoms with van der Waals surface area (Å²) in [7, 11) is -1.06. The van der Waals surface area contributed by atoms with Gasteiger partial charge in [0.05, 0.1) is 0 Å². The van der Waals surface area contributed by atoms with Crippen molar-refractivity contribution in [3.8, 4) is 0 Å². The predicted molar refractivity (Wildman–Crippen MR) is 62.1 cm³/mol. The molecular formula is C12H18O2S. The first-order valence-corrected chi connectivity index (χ1v) is 6.77. The number of carbonyl (C=O) groups is 1. The molecule has 2 nitrogen and oxygen atoms in total. The minimum Gasteiger partial charge on any atom is -0.293 e. The Morgan fingerprint density at radius 2 is 2.07 bits per heavy atom. The van der Waals surface area contributed by atoms with Crippen LogP contribution in [0.25, 0.3) is 0 Å². The summed E-state index contributed by atoms with van der Waals surface area (Å²) in [5.41, 5.74) is 1.25. The highest BCUT2D eigenvalue weighted by molar-refractivity contribution is 7.87. The zero-order valence-electron chi connectivity index (χ0n) is 9.58. The van der Waals surface area contributed by atoms with Gasteiger partial charge in [-0.05, 0) is 46.1 Å². The molecule has 0 N–H and O–H groups in total. The van der Waals surface area contributed by atoms with E-state index in [4.69, 9.17) is 0 Å². The second-order valence-corrected chi connectivity index (χ2v) is 7.78. The van der Waals surface area contributed by atoms with Gasteiger partial charge in [0.25, 0.3) is 0 Å². The van der Waals surface area contributed by atoms with E-state index in [0.717, 1.165) is 19.3 Å². The fourth-order valence-electron chi connectivity index (χ4n) is 2.52. The Morgan fingerprint density at radius 3 is 2.67 bits per heavy atom. The standard InChI is InChI=1S/C12H18O2S/c1-12(2,3)15(14)11-9-6-4-5-8(9)7-10(11)13/h7,9,11H,4-6H2,1-3H3/t9-,11+,15?/m0/s1. The largest absolute Gasteiger partial charge is 0.293 e. The Morgan fingerprint density at radius 1 is 1.40 bits per heavy atom. The first-order valence-electron chi connectivity index (χ1n) is 5.56. The third-order valence-electron chi connectivity index (χ3n) is 3.26. The monoisotopic (exact) mass is 226 g/mol. The zero-order chi connectivity index (χ0) is 11.2. The molecule has 0 aromatic carbocycles. The van der Waals surface area contributed by atoms with E-state index in [1.54, 1.807) is 6.08 Å². The average Bonchev–Trinajstić information content (AvgIpc) is 2.60. The summed E-state index contributed by atoms with van der Waals surface area (Å²) in [5, 5.41) is -0.248. The van der Waals surface area contributed by atoms with Crippen molar-refractivity contribution >= 4 is 16.6 Å². The summed E-state index contributed by atoms with van der Waals surface area (Å²) >= 11 is 0. The van der Waals surface area contributed by atoms with Crippen molar-refractivity contribution in [2.24, 2.45) is 5.92 Å². The van der Waals surface area contributed by atoms with Crippen molar-refractivity contribution in [2.45, 2.75) is 50.0 Å². The molecule has 0 bridgehead atoms. The average molecular weight is 226 g/mol. The quantitative estimate of drug-likeness (QED) is 0.687. The summed E-state index contributed by atoms with van der Waals surface area (Å²) in [6, 6.07) is 0. The Kier molecular flexibility index (Phi) is 2.61. The Hall–Kier alpha value is -0.440. The minimum atomic E-state index is -1.06. The van der Waals surface area contributed by atoms with Gasteiger partial charge in [0.15, 0.2) is 5.78 Å². The van der Waals surface area contributed by atoms with Crippen LogP contribution in [0.5, 0.6) is 0 Å². The normalized spacial score (nSPS) is 32.7. The van der Waals surface area contributed by atoms with Crippen LogP contribution in [0.3, 0.4) is 0 Å². The van der Waals surface area contributed by atoms with Gasteiger partial charge >= 0.3 is 0 Å². The zero-order valence-corrected chi connectivity index (χ0v) is 10.4. The van der Waals surface area contributed by atoms with Crippen molar-refractivity contribution in [1.29, 1.82) is 0 Å². The fourth-order valence-corrected chi connectivity index (χ4v) is 4.17. The van der Waals surface area contributed by atoms with Gasteiger partial charge in [-0.15, -0.1) is 0 Å². The van der Waals surface area contributed by atoms with Crippen LogP contribution in [0, 0.1) is 5.92 Å². The van der Waals surface area contributed by atoms with E-state index in [2.05, 4.69) is 0 Å². The molecule has 0 aromatic rings. The number of allylic oxidation sites excluding steroid dienone is 2. The number of fused-ring (bicyclic) bond motifs is 1. The third kappa shape index (κ3) is 1.82. The van der Waals surface area contributed by atoms with E-state index >= 15 is 0 Å². The second kappa shape index (κ2) is 3.55.